The van der Waals surface area contributed by atoms with Crippen LogP contribution in [0.1, 0.15) is 47.5 Å². The van der Waals surface area contributed by atoms with E-state index < -0.39 is 6.04 Å². The number of carbonyl (C=O) groups excluding carboxylic acids is 3. The fourth-order valence-corrected chi connectivity index (χ4v) is 2.05. The van der Waals surface area contributed by atoms with Crippen molar-refractivity contribution in [2.45, 2.75) is 59.6 Å². The highest BCUT2D eigenvalue weighted by Crippen LogP contribution is 2.13. The van der Waals surface area contributed by atoms with Crippen LogP contribution in [0.2, 0.25) is 0 Å². The number of ether oxygens (including phenoxy) is 2. The summed E-state index contributed by atoms with van der Waals surface area (Å²) < 4.78 is 9.11. The summed E-state index contributed by atoms with van der Waals surface area (Å²) in [5.74, 6) is 0.737. The fraction of sp³-hybridized carbons (Fsp3) is 0.833. The lowest BCUT2D eigenvalue weighted by Crippen LogP contribution is -2.49. The van der Waals surface area contributed by atoms with Crippen molar-refractivity contribution in [3.8, 4) is 0 Å². The highest BCUT2D eigenvalue weighted by atomic mass is 16.6. The van der Waals surface area contributed by atoms with Gasteiger partial charge in [-0.25, -0.2) is 0 Å². The van der Waals surface area contributed by atoms with Crippen molar-refractivity contribution in [3.05, 3.63) is 0 Å². The van der Waals surface area contributed by atoms with Gasteiger partial charge in [0.15, 0.2) is 6.10 Å². The third kappa shape index (κ3) is 11.5. The van der Waals surface area contributed by atoms with E-state index >= 15 is 0 Å². The Labute approximate surface area is 151 Å². The van der Waals surface area contributed by atoms with Gasteiger partial charge in [-0.2, -0.15) is 0 Å². The topological polar surface area (TPSA) is 88.2 Å². The van der Waals surface area contributed by atoms with E-state index in [-0.39, 0.29) is 17.9 Å². The zero-order valence-electron chi connectivity index (χ0n) is 16.4. The molecule has 2 atom stereocenters. The van der Waals surface area contributed by atoms with Crippen molar-refractivity contribution in [1.82, 2.24) is 10.2 Å². The number of hydrogen-bond acceptors (Lipinski definition) is 5. The maximum Gasteiger partial charge on any atom is 0.293 e. The first-order chi connectivity index (χ1) is 11.7. The van der Waals surface area contributed by atoms with Crippen LogP contribution in [-0.2, 0) is 23.9 Å². The van der Waals surface area contributed by atoms with E-state index in [0.717, 1.165) is 13.0 Å². The maximum atomic E-state index is 12.4. The molecule has 7 nitrogen and oxygen atoms in total. The van der Waals surface area contributed by atoms with Crippen molar-refractivity contribution in [1.29, 1.82) is 0 Å². The monoisotopic (exact) mass is 358 g/mol. The average Bonchev–Trinajstić information content (AvgIpc) is 3.37. The Morgan fingerprint density at radius 3 is 2.24 bits per heavy atom. The van der Waals surface area contributed by atoms with Crippen LogP contribution in [0, 0.1) is 11.8 Å². The van der Waals surface area contributed by atoms with E-state index in [1.54, 1.807) is 18.9 Å². The van der Waals surface area contributed by atoms with Gasteiger partial charge < -0.3 is 19.7 Å². The molecule has 2 unspecified atom stereocenters. The van der Waals surface area contributed by atoms with E-state index in [2.05, 4.69) is 23.9 Å². The smallest absolute Gasteiger partial charge is 0.293 e. The molecule has 1 saturated heterocycles. The zero-order chi connectivity index (χ0) is 19.4. The van der Waals surface area contributed by atoms with Gasteiger partial charge in [-0.15, -0.1) is 0 Å². The molecule has 25 heavy (non-hydrogen) atoms. The summed E-state index contributed by atoms with van der Waals surface area (Å²) in [6.45, 7) is 12.2. The highest BCUT2D eigenvalue weighted by molar-refractivity contribution is 5.90. The van der Waals surface area contributed by atoms with Crippen molar-refractivity contribution >= 4 is 18.3 Å². The number of rotatable bonds is 10. The number of carbonyl (C=O) groups is 3. The first-order valence-corrected chi connectivity index (χ1v) is 8.95. The van der Waals surface area contributed by atoms with Crippen LogP contribution in [0.25, 0.3) is 0 Å². The molecule has 0 aliphatic carbocycles. The predicted octanol–water partition coefficient (Wildman–Crippen LogP) is 1.60. The quantitative estimate of drug-likeness (QED) is 0.473. The molecule has 1 rings (SSSR count). The van der Waals surface area contributed by atoms with Crippen LogP contribution in [0.15, 0.2) is 0 Å². The number of amides is 2. The molecule has 0 aromatic carbocycles. The number of nitrogens with zero attached hydrogens (tertiary/aromatic N) is 1. The van der Waals surface area contributed by atoms with Crippen LogP contribution < -0.4 is 5.32 Å². The first-order valence-electron chi connectivity index (χ1n) is 8.95. The van der Waals surface area contributed by atoms with Gasteiger partial charge in [0.2, 0.25) is 5.91 Å². The van der Waals surface area contributed by atoms with E-state index in [4.69, 9.17) is 4.74 Å². The van der Waals surface area contributed by atoms with E-state index in [1.807, 2.05) is 13.8 Å². The second-order valence-corrected chi connectivity index (χ2v) is 7.01. The minimum Gasteiger partial charge on any atom is -0.468 e. The lowest BCUT2D eigenvalue weighted by molar-refractivity contribution is -0.136. The van der Waals surface area contributed by atoms with Gasteiger partial charge in [0.1, 0.15) is 6.04 Å². The Kier molecular flexibility index (Phi) is 11.9. The van der Waals surface area contributed by atoms with Gasteiger partial charge >= 0.3 is 0 Å². The summed E-state index contributed by atoms with van der Waals surface area (Å²) in [5.41, 5.74) is 0. The number of epoxide rings is 1. The summed E-state index contributed by atoms with van der Waals surface area (Å²) in [6.07, 6.45) is 1.28. The van der Waals surface area contributed by atoms with E-state index in [1.165, 1.54) is 0 Å². The van der Waals surface area contributed by atoms with Crippen molar-refractivity contribution in [2.24, 2.45) is 11.8 Å². The van der Waals surface area contributed by atoms with Gasteiger partial charge in [-0.05, 0) is 31.6 Å². The Balaban J connectivity index is 0.00000101. The molecule has 0 spiro atoms. The van der Waals surface area contributed by atoms with Gasteiger partial charge in [-0.1, -0.05) is 27.7 Å². The minimum absolute atomic E-state index is 0.00616. The van der Waals surface area contributed by atoms with Crippen molar-refractivity contribution < 1.29 is 23.9 Å². The third-order valence-electron chi connectivity index (χ3n) is 3.60. The Hall–Kier alpha value is -1.63. The zero-order valence-corrected chi connectivity index (χ0v) is 16.4. The molecule has 0 aromatic rings. The van der Waals surface area contributed by atoms with Crippen LogP contribution >= 0.6 is 0 Å². The molecule has 0 aromatic heterocycles. The van der Waals surface area contributed by atoms with Gasteiger partial charge in [0.05, 0.1) is 13.2 Å². The fourth-order valence-electron chi connectivity index (χ4n) is 2.05. The maximum absolute atomic E-state index is 12.4. The molecule has 2 amide bonds. The highest BCUT2D eigenvalue weighted by Gasteiger charge is 2.34. The molecule has 0 radical (unpaired) electrons. The summed E-state index contributed by atoms with van der Waals surface area (Å²) in [6, 6.07) is -0.441. The molecule has 1 heterocycles. The van der Waals surface area contributed by atoms with Crippen LogP contribution in [0.4, 0.5) is 0 Å². The Bertz CT molecular complexity index is 408. The molecule has 146 valence electrons. The number of hydrogen-bond donors (Lipinski definition) is 1. The molecule has 0 saturated carbocycles. The SMILES string of the molecule is CC(C)CCN(C)C(=O)C(CC(C)C)NC(=O)C1CO1.CCOC=O. The second kappa shape index (κ2) is 12.7. The molecule has 1 fully saturated rings. The number of likely N-dealkylation sites (N-methyl/N-ethyl adjacent to an activating group) is 1. The van der Waals surface area contributed by atoms with Crippen LogP contribution in [0.5, 0.6) is 0 Å². The Morgan fingerprint density at radius 1 is 1.28 bits per heavy atom. The Morgan fingerprint density at radius 2 is 1.88 bits per heavy atom. The molecule has 1 N–H and O–H groups in total. The second-order valence-electron chi connectivity index (χ2n) is 7.01. The van der Waals surface area contributed by atoms with E-state index in [9.17, 15) is 14.4 Å². The summed E-state index contributed by atoms with van der Waals surface area (Å²) >= 11 is 0. The van der Waals surface area contributed by atoms with E-state index in [0.29, 0.717) is 37.9 Å². The van der Waals surface area contributed by atoms with Crippen LogP contribution in [-0.4, -0.2) is 62.1 Å². The molecule has 1 aliphatic heterocycles. The lowest BCUT2D eigenvalue weighted by atomic mass is 10.0. The normalized spacial score (nSPS) is 16.6. The van der Waals surface area contributed by atoms with Gasteiger partial charge in [-0.3, -0.25) is 14.4 Å². The average molecular weight is 358 g/mol. The summed E-state index contributed by atoms with van der Waals surface area (Å²) in [5, 5.41) is 2.82. The number of nitrogens with one attached hydrogen (secondary N) is 1. The molecular formula is C18H34N2O5. The van der Waals surface area contributed by atoms with Crippen molar-refractivity contribution in [2.75, 3.05) is 26.8 Å². The standard InChI is InChI=1S/C15H28N2O3.C3H6O2/c1-10(2)6-7-17(5)15(19)12(8-11(3)4)16-14(18)13-9-20-13;1-2-5-3-4/h10-13H,6-9H2,1-5H3,(H,16,18);3H,2H2,1H3. The van der Waals surface area contributed by atoms with Crippen LogP contribution in [0.3, 0.4) is 0 Å². The predicted molar refractivity (Wildman–Crippen MR) is 95.9 cm³/mol. The van der Waals surface area contributed by atoms with Gasteiger partial charge in [0, 0.05) is 13.6 Å². The van der Waals surface area contributed by atoms with Gasteiger partial charge in [0.25, 0.3) is 12.4 Å². The lowest BCUT2D eigenvalue weighted by Gasteiger charge is -2.26. The summed E-state index contributed by atoms with van der Waals surface area (Å²) in [7, 11) is 1.80. The molecule has 1 aliphatic rings. The first kappa shape index (κ1) is 23.4. The largest absolute Gasteiger partial charge is 0.468 e. The minimum atomic E-state index is -0.441. The molecule has 0 bridgehead atoms. The summed E-state index contributed by atoms with van der Waals surface area (Å²) in [4.78, 5) is 35.1. The van der Waals surface area contributed by atoms with Crippen molar-refractivity contribution in [3.63, 3.8) is 0 Å². The third-order valence-corrected chi connectivity index (χ3v) is 3.60. The molecule has 7 heteroatoms. The molecular weight excluding hydrogens is 324 g/mol.